The number of nitrogens with one attached hydrogen (secondary N) is 2. The van der Waals surface area contributed by atoms with E-state index in [1.807, 2.05) is 55.5 Å². The molecule has 9 nitrogen and oxygen atoms in total. The van der Waals surface area contributed by atoms with Gasteiger partial charge in [0.05, 0.1) is 33.7 Å². The minimum absolute atomic E-state index is 0.0511. The Hall–Kier alpha value is -4.53. The summed E-state index contributed by atoms with van der Waals surface area (Å²) in [6, 6.07) is 20.6. The normalized spacial score (nSPS) is 11.5. The van der Waals surface area contributed by atoms with E-state index in [1.54, 1.807) is 25.3 Å². The lowest BCUT2D eigenvalue weighted by Gasteiger charge is -2.15. The van der Waals surface area contributed by atoms with Crippen molar-refractivity contribution in [3.8, 4) is 11.5 Å². The van der Waals surface area contributed by atoms with Gasteiger partial charge in [0.15, 0.2) is 17.1 Å². The lowest BCUT2D eigenvalue weighted by Crippen LogP contribution is -2.16. The van der Waals surface area contributed by atoms with Crippen molar-refractivity contribution in [2.45, 2.75) is 19.8 Å². The average Bonchev–Trinajstić information content (AvgIpc) is 3.29. The summed E-state index contributed by atoms with van der Waals surface area (Å²) in [5.74, 6) is 0.454. The zero-order chi connectivity index (χ0) is 26.2. The first-order chi connectivity index (χ1) is 17.9. The summed E-state index contributed by atoms with van der Waals surface area (Å²) in [7, 11) is 2.90. The largest absolute Gasteiger partial charge is 0.493 e. The van der Waals surface area contributed by atoms with Crippen molar-refractivity contribution in [1.29, 1.82) is 0 Å². The molecule has 0 spiro atoms. The second-order valence-electron chi connectivity index (χ2n) is 8.60. The van der Waals surface area contributed by atoms with Crippen LogP contribution in [0, 0.1) is 5.92 Å². The van der Waals surface area contributed by atoms with Gasteiger partial charge in [-0.25, -0.2) is 0 Å². The highest BCUT2D eigenvalue weighted by Crippen LogP contribution is 2.31. The van der Waals surface area contributed by atoms with Crippen molar-refractivity contribution in [2.24, 2.45) is 5.92 Å². The van der Waals surface area contributed by atoms with Gasteiger partial charge in [-0.05, 0) is 42.0 Å². The summed E-state index contributed by atoms with van der Waals surface area (Å²) in [4.78, 5) is 28.7. The highest BCUT2D eigenvalue weighted by Gasteiger charge is 2.14. The van der Waals surface area contributed by atoms with Gasteiger partial charge in [-0.2, -0.15) is 4.98 Å². The van der Waals surface area contributed by atoms with Crippen molar-refractivity contribution in [1.82, 2.24) is 4.98 Å². The molecule has 4 rings (SSSR count). The Kier molecular flexibility index (Phi) is 8.25. The van der Waals surface area contributed by atoms with E-state index in [0.717, 1.165) is 11.3 Å². The van der Waals surface area contributed by atoms with E-state index in [0.29, 0.717) is 40.9 Å². The minimum atomic E-state index is -0.295. The Balaban J connectivity index is 1.38. The van der Waals surface area contributed by atoms with Crippen LogP contribution in [0.2, 0.25) is 0 Å². The zero-order valence-corrected chi connectivity index (χ0v) is 20.9. The van der Waals surface area contributed by atoms with Crippen LogP contribution in [0.4, 0.5) is 17.4 Å². The molecule has 1 atom stereocenters. The summed E-state index contributed by atoms with van der Waals surface area (Å²) < 4.78 is 21.7. The maximum atomic E-state index is 12.8. The SMILES string of the molecule is COC(=O)CC(C)COc1cc(NC(=O)Cc2ccc3nc(Nc4ccccc4)oc3c2)ccc1OC. The van der Waals surface area contributed by atoms with E-state index >= 15 is 0 Å². The number of carbonyl (C=O) groups excluding carboxylic acids is 2. The second kappa shape index (κ2) is 11.9. The van der Waals surface area contributed by atoms with Gasteiger partial charge in [-0.3, -0.25) is 9.59 Å². The molecule has 3 aromatic carbocycles. The molecule has 1 aromatic heterocycles. The smallest absolute Gasteiger partial charge is 0.305 e. The van der Waals surface area contributed by atoms with Gasteiger partial charge < -0.3 is 29.3 Å². The Morgan fingerprint density at radius 3 is 2.54 bits per heavy atom. The predicted molar refractivity (Wildman–Crippen MR) is 140 cm³/mol. The van der Waals surface area contributed by atoms with E-state index in [4.69, 9.17) is 18.6 Å². The van der Waals surface area contributed by atoms with E-state index in [-0.39, 0.29) is 30.6 Å². The molecule has 1 unspecified atom stereocenters. The highest BCUT2D eigenvalue weighted by atomic mass is 16.5. The molecule has 0 fully saturated rings. The fourth-order valence-corrected chi connectivity index (χ4v) is 3.69. The van der Waals surface area contributed by atoms with Crippen molar-refractivity contribution < 1.29 is 28.2 Å². The first-order valence-corrected chi connectivity index (χ1v) is 11.8. The lowest BCUT2D eigenvalue weighted by molar-refractivity contribution is -0.141. The quantitative estimate of drug-likeness (QED) is 0.264. The van der Waals surface area contributed by atoms with Gasteiger partial charge in [0.2, 0.25) is 5.91 Å². The number of esters is 1. The summed E-state index contributed by atoms with van der Waals surface area (Å²) in [6.45, 7) is 2.18. The molecule has 192 valence electrons. The molecule has 9 heteroatoms. The van der Waals surface area contributed by atoms with E-state index in [1.165, 1.54) is 7.11 Å². The van der Waals surface area contributed by atoms with Crippen LogP contribution in [-0.2, 0) is 20.7 Å². The number of benzene rings is 3. The Labute approximate surface area is 214 Å². The van der Waals surface area contributed by atoms with Gasteiger partial charge in [-0.1, -0.05) is 31.2 Å². The number of hydrogen-bond donors (Lipinski definition) is 2. The number of methoxy groups -OCH3 is 2. The number of carbonyl (C=O) groups is 2. The molecule has 0 bridgehead atoms. The summed E-state index contributed by atoms with van der Waals surface area (Å²) in [5, 5.41) is 6.02. The zero-order valence-electron chi connectivity index (χ0n) is 20.9. The molecule has 0 aliphatic carbocycles. The number of aromatic nitrogens is 1. The van der Waals surface area contributed by atoms with Crippen molar-refractivity contribution >= 4 is 40.4 Å². The van der Waals surface area contributed by atoms with Crippen LogP contribution in [0.5, 0.6) is 11.5 Å². The number of rotatable bonds is 11. The number of oxazole rings is 1. The van der Waals surface area contributed by atoms with Gasteiger partial charge in [0.25, 0.3) is 6.01 Å². The number of hydrogen-bond acceptors (Lipinski definition) is 8. The van der Waals surface area contributed by atoms with E-state index in [9.17, 15) is 9.59 Å². The van der Waals surface area contributed by atoms with Crippen LogP contribution in [0.15, 0.2) is 71.1 Å². The third-order valence-corrected chi connectivity index (χ3v) is 5.56. The highest BCUT2D eigenvalue weighted by molar-refractivity contribution is 5.93. The number of amides is 1. The molecule has 2 N–H and O–H groups in total. The predicted octanol–water partition coefficient (Wildman–Crippen LogP) is 5.34. The topological polar surface area (TPSA) is 112 Å². The molecule has 0 radical (unpaired) electrons. The molecule has 0 saturated carbocycles. The molecule has 0 saturated heterocycles. The van der Waals surface area contributed by atoms with Crippen LogP contribution in [-0.4, -0.2) is 37.7 Å². The molecule has 0 aliphatic heterocycles. The van der Waals surface area contributed by atoms with Crippen molar-refractivity contribution in [3.05, 3.63) is 72.3 Å². The second-order valence-corrected chi connectivity index (χ2v) is 8.60. The van der Waals surface area contributed by atoms with Crippen molar-refractivity contribution in [2.75, 3.05) is 31.5 Å². The van der Waals surface area contributed by atoms with Crippen LogP contribution < -0.4 is 20.1 Å². The maximum Gasteiger partial charge on any atom is 0.305 e. The summed E-state index contributed by atoms with van der Waals surface area (Å²) >= 11 is 0. The van der Waals surface area contributed by atoms with Crippen LogP contribution in [0.1, 0.15) is 18.9 Å². The number of fused-ring (bicyclic) bond motifs is 1. The molecule has 0 aliphatic rings. The first kappa shape index (κ1) is 25.6. The van der Waals surface area contributed by atoms with E-state index in [2.05, 4.69) is 15.6 Å². The number of nitrogens with zero attached hydrogens (tertiary/aromatic N) is 1. The molecule has 1 heterocycles. The molecule has 37 heavy (non-hydrogen) atoms. The summed E-state index contributed by atoms with van der Waals surface area (Å²) in [6.07, 6.45) is 0.394. The number of para-hydroxylation sites is 1. The van der Waals surface area contributed by atoms with Crippen LogP contribution in [0.3, 0.4) is 0 Å². The third kappa shape index (κ3) is 7.00. The number of ether oxygens (including phenoxy) is 3. The summed E-state index contributed by atoms with van der Waals surface area (Å²) in [5.41, 5.74) is 3.51. The minimum Gasteiger partial charge on any atom is -0.493 e. The standard InChI is InChI=1S/C28H29N3O6/c1-18(13-27(33)35-3)17-36-25-16-21(10-12-23(25)34-2)29-26(32)15-19-9-11-22-24(14-19)37-28(31-22)30-20-7-5-4-6-8-20/h4-12,14,16,18H,13,15,17H2,1-3H3,(H,29,32)(H,30,31). The monoisotopic (exact) mass is 503 g/mol. The van der Waals surface area contributed by atoms with E-state index < -0.39 is 0 Å². The van der Waals surface area contributed by atoms with Crippen LogP contribution in [0.25, 0.3) is 11.1 Å². The molecule has 4 aromatic rings. The first-order valence-electron chi connectivity index (χ1n) is 11.8. The number of anilines is 3. The fourth-order valence-electron chi connectivity index (χ4n) is 3.69. The fraction of sp³-hybridized carbons (Fsp3) is 0.250. The molecular formula is C28H29N3O6. The Morgan fingerprint density at radius 1 is 0.973 bits per heavy atom. The van der Waals surface area contributed by atoms with Gasteiger partial charge in [0.1, 0.15) is 5.52 Å². The van der Waals surface area contributed by atoms with Crippen LogP contribution >= 0.6 is 0 Å². The van der Waals surface area contributed by atoms with Gasteiger partial charge in [-0.15, -0.1) is 0 Å². The Bertz CT molecular complexity index is 1370. The molecule has 1 amide bonds. The lowest BCUT2D eigenvalue weighted by atomic mass is 10.1. The van der Waals surface area contributed by atoms with Crippen molar-refractivity contribution in [3.63, 3.8) is 0 Å². The Morgan fingerprint density at radius 2 is 1.78 bits per heavy atom. The maximum absolute atomic E-state index is 12.8. The third-order valence-electron chi connectivity index (χ3n) is 5.56. The molecular weight excluding hydrogens is 474 g/mol. The van der Waals surface area contributed by atoms with Gasteiger partial charge >= 0.3 is 5.97 Å². The average molecular weight is 504 g/mol. The van der Waals surface area contributed by atoms with Gasteiger partial charge in [0, 0.05) is 23.4 Å².